The Bertz CT molecular complexity index is 857. The second-order valence-corrected chi connectivity index (χ2v) is 7.43. The number of benzene rings is 1. The van der Waals surface area contributed by atoms with Gasteiger partial charge in [0.05, 0.1) is 0 Å². The summed E-state index contributed by atoms with van der Waals surface area (Å²) in [6, 6.07) is 0.888. The molecule has 1 aromatic rings. The highest BCUT2D eigenvalue weighted by atomic mass is 19.1. The molecule has 2 fully saturated rings. The highest BCUT2D eigenvalue weighted by Gasteiger charge is 2.51. The van der Waals surface area contributed by atoms with Crippen molar-refractivity contribution in [1.29, 1.82) is 0 Å². The van der Waals surface area contributed by atoms with Gasteiger partial charge >= 0.3 is 12.1 Å². The van der Waals surface area contributed by atoms with Crippen LogP contribution in [-0.2, 0) is 15.1 Å². The van der Waals surface area contributed by atoms with Gasteiger partial charge in [0.15, 0.2) is 0 Å². The number of hydrogen-bond donors (Lipinski definition) is 3. The van der Waals surface area contributed by atoms with E-state index in [-0.39, 0.29) is 11.6 Å². The van der Waals surface area contributed by atoms with Crippen LogP contribution in [0.1, 0.15) is 44.6 Å². The summed E-state index contributed by atoms with van der Waals surface area (Å²) in [5.41, 5.74) is -2.22. The number of nitrogens with one attached hydrogen (secondary N) is 3. The number of halogens is 2. The Morgan fingerprint density at radius 1 is 1.21 bits per heavy atom. The second kappa shape index (κ2) is 8.14. The van der Waals surface area contributed by atoms with Gasteiger partial charge in [0.25, 0.3) is 5.91 Å². The van der Waals surface area contributed by atoms with Crippen LogP contribution in [0.4, 0.5) is 18.4 Å². The third-order valence-electron chi connectivity index (χ3n) is 5.24. The van der Waals surface area contributed by atoms with Gasteiger partial charge in [0, 0.05) is 11.6 Å². The fourth-order valence-corrected chi connectivity index (χ4v) is 3.68. The zero-order chi connectivity index (χ0) is 21.2. The number of rotatable bonds is 4. The van der Waals surface area contributed by atoms with E-state index in [9.17, 15) is 28.0 Å². The third kappa shape index (κ3) is 4.36. The predicted molar refractivity (Wildman–Crippen MR) is 97.5 cm³/mol. The summed E-state index contributed by atoms with van der Waals surface area (Å²) < 4.78 is 27.7. The summed E-state index contributed by atoms with van der Waals surface area (Å²) in [6.45, 7) is 0.494. The van der Waals surface area contributed by atoms with Crippen LogP contribution in [0.5, 0.6) is 0 Å². The van der Waals surface area contributed by atoms with Gasteiger partial charge in [-0.25, -0.2) is 18.4 Å². The molecule has 1 aliphatic heterocycles. The SMILES string of the molecule is CC1(c2cc(F)ccc2F)NC(=O)N(CC(=O)NC(=O)NC2CCCCC2)C1=O. The zero-order valence-corrected chi connectivity index (χ0v) is 15.9. The first kappa shape index (κ1) is 20.7. The van der Waals surface area contributed by atoms with Crippen molar-refractivity contribution in [2.45, 2.75) is 50.6 Å². The lowest BCUT2D eigenvalue weighted by Gasteiger charge is -2.23. The van der Waals surface area contributed by atoms with E-state index < -0.39 is 47.6 Å². The van der Waals surface area contributed by atoms with E-state index in [1.165, 1.54) is 6.92 Å². The molecule has 3 N–H and O–H groups in total. The van der Waals surface area contributed by atoms with E-state index in [1.807, 2.05) is 0 Å². The van der Waals surface area contributed by atoms with Crippen LogP contribution in [0.25, 0.3) is 0 Å². The summed E-state index contributed by atoms with van der Waals surface area (Å²) in [5.74, 6) is -3.44. The van der Waals surface area contributed by atoms with E-state index in [1.54, 1.807) is 0 Å². The number of urea groups is 2. The molecule has 29 heavy (non-hydrogen) atoms. The van der Waals surface area contributed by atoms with Gasteiger partial charge in [-0.3, -0.25) is 19.8 Å². The van der Waals surface area contributed by atoms with Crippen LogP contribution >= 0.6 is 0 Å². The van der Waals surface area contributed by atoms with Gasteiger partial charge in [0.2, 0.25) is 5.91 Å². The lowest BCUT2D eigenvalue weighted by Crippen LogP contribution is -2.49. The summed E-state index contributed by atoms with van der Waals surface area (Å²) in [5, 5.41) is 7.06. The molecule has 0 aromatic heterocycles. The van der Waals surface area contributed by atoms with Crippen LogP contribution in [0.2, 0.25) is 0 Å². The maximum atomic E-state index is 14.1. The van der Waals surface area contributed by atoms with E-state index in [4.69, 9.17) is 0 Å². The van der Waals surface area contributed by atoms with Crippen LogP contribution in [-0.4, -0.2) is 41.4 Å². The normalized spacial score (nSPS) is 22.4. The van der Waals surface area contributed by atoms with Crippen molar-refractivity contribution in [2.24, 2.45) is 0 Å². The quantitative estimate of drug-likeness (QED) is 0.661. The average molecular weight is 408 g/mol. The number of carbonyl (C=O) groups is 4. The molecule has 0 bridgehead atoms. The van der Waals surface area contributed by atoms with Crippen LogP contribution in [0, 0.1) is 11.6 Å². The Labute approximate surface area is 166 Å². The van der Waals surface area contributed by atoms with Crippen molar-refractivity contribution < 1.29 is 28.0 Å². The van der Waals surface area contributed by atoms with E-state index in [0.29, 0.717) is 4.90 Å². The molecule has 1 heterocycles. The molecule has 0 radical (unpaired) electrons. The van der Waals surface area contributed by atoms with Crippen LogP contribution in [0.15, 0.2) is 18.2 Å². The number of nitrogens with zero attached hydrogens (tertiary/aromatic N) is 1. The van der Waals surface area contributed by atoms with Gasteiger partial charge in [-0.05, 0) is 38.0 Å². The minimum Gasteiger partial charge on any atom is -0.335 e. The topological polar surface area (TPSA) is 108 Å². The molecule has 1 unspecified atom stereocenters. The van der Waals surface area contributed by atoms with E-state index in [2.05, 4.69) is 16.0 Å². The largest absolute Gasteiger partial charge is 0.335 e. The lowest BCUT2D eigenvalue weighted by molar-refractivity contribution is -0.134. The summed E-state index contributed by atoms with van der Waals surface area (Å²) in [7, 11) is 0. The molecule has 6 amide bonds. The Kier molecular flexibility index (Phi) is 5.81. The molecule has 156 valence electrons. The van der Waals surface area contributed by atoms with E-state index >= 15 is 0 Å². The van der Waals surface area contributed by atoms with Gasteiger partial charge in [-0.1, -0.05) is 19.3 Å². The molecule has 1 atom stereocenters. The third-order valence-corrected chi connectivity index (χ3v) is 5.24. The van der Waals surface area contributed by atoms with Gasteiger partial charge < -0.3 is 10.6 Å². The first-order chi connectivity index (χ1) is 13.7. The smallest absolute Gasteiger partial charge is 0.325 e. The highest BCUT2D eigenvalue weighted by Crippen LogP contribution is 2.31. The Morgan fingerprint density at radius 2 is 1.90 bits per heavy atom. The van der Waals surface area contributed by atoms with Crippen molar-refractivity contribution in [1.82, 2.24) is 20.9 Å². The number of amides is 6. The molecular weight excluding hydrogens is 386 g/mol. The van der Waals surface area contributed by atoms with Gasteiger partial charge in [-0.2, -0.15) is 0 Å². The number of imide groups is 2. The van der Waals surface area contributed by atoms with Crippen molar-refractivity contribution in [3.8, 4) is 0 Å². The van der Waals surface area contributed by atoms with Crippen LogP contribution < -0.4 is 16.0 Å². The molecule has 1 aliphatic carbocycles. The van der Waals surface area contributed by atoms with E-state index in [0.717, 1.165) is 50.3 Å². The molecule has 8 nitrogen and oxygen atoms in total. The summed E-state index contributed by atoms with van der Waals surface area (Å²) in [4.78, 5) is 49.6. The molecule has 1 aromatic carbocycles. The fourth-order valence-electron chi connectivity index (χ4n) is 3.68. The monoisotopic (exact) mass is 408 g/mol. The van der Waals surface area contributed by atoms with Gasteiger partial charge in [0.1, 0.15) is 23.7 Å². The number of hydrogen-bond acceptors (Lipinski definition) is 4. The van der Waals surface area contributed by atoms with Crippen molar-refractivity contribution >= 4 is 23.9 Å². The average Bonchev–Trinajstić information content (AvgIpc) is 2.88. The van der Waals surface area contributed by atoms with Crippen LogP contribution in [0.3, 0.4) is 0 Å². The highest BCUT2D eigenvalue weighted by molar-refractivity contribution is 6.10. The molecule has 10 heteroatoms. The zero-order valence-electron chi connectivity index (χ0n) is 15.9. The summed E-state index contributed by atoms with van der Waals surface area (Å²) >= 11 is 0. The molecule has 3 rings (SSSR count). The maximum absolute atomic E-state index is 14.1. The van der Waals surface area contributed by atoms with Crippen molar-refractivity contribution in [3.05, 3.63) is 35.4 Å². The molecule has 1 saturated heterocycles. The maximum Gasteiger partial charge on any atom is 0.325 e. The molecular formula is C19H22F2N4O4. The molecule has 0 spiro atoms. The standard InChI is InChI=1S/C19H22F2N4O4/c1-19(13-9-11(20)7-8-14(13)21)16(27)25(18(29)24-19)10-15(26)23-17(28)22-12-5-3-2-4-6-12/h7-9,12H,2-6,10H2,1H3,(H,24,29)(H2,22,23,26,28). The Balaban J connectivity index is 1.64. The van der Waals surface area contributed by atoms with Crippen molar-refractivity contribution in [3.63, 3.8) is 0 Å². The first-order valence-corrected chi connectivity index (χ1v) is 9.40. The van der Waals surface area contributed by atoms with Crippen molar-refractivity contribution in [2.75, 3.05) is 6.54 Å². The summed E-state index contributed by atoms with van der Waals surface area (Å²) in [6.07, 6.45) is 4.75. The molecule has 1 saturated carbocycles. The predicted octanol–water partition coefficient (Wildman–Crippen LogP) is 1.89. The Morgan fingerprint density at radius 3 is 2.59 bits per heavy atom. The number of carbonyl (C=O) groups excluding carboxylic acids is 4. The molecule has 2 aliphatic rings. The minimum atomic E-state index is -1.87. The fraction of sp³-hybridized carbons (Fsp3) is 0.474. The minimum absolute atomic E-state index is 0.0208. The lowest BCUT2D eigenvalue weighted by atomic mass is 9.91. The van der Waals surface area contributed by atoms with Gasteiger partial charge in [-0.15, -0.1) is 0 Å². The first-order valence-electron chi connectivity index (χ1n) is 9.40. The second-order valence-electron chi connectivity index (χ2n) is 7.43. The Hall–Kier alpha value is -3.04.